The van der Waals surface area contributed by atoms with Crippen LogP contribution in [0.2, 0.25) is 0 Å². The Morgan fingerprint density at radius 3 is 2.50 bits per heavy atom. The summed E-state index contributed by atoms with van der Waals surface area (Å²) in [6.45, 7) is 3.19. The standard InChI is InChI=1S/C11H23NO5S/c1-3-4-6-16-7-8-17-11(13)10(12)5-9-18(2,14)15/h10H,3-9,12H2,1-2H3. The van der Waals surface area contributed by atoms with Crippen LogP contribution in [-0.4, -0.2) is 52.3 Å². The van der Waals surface area contributed by atoms with E-state index in [2.05, 4.69) is 6.92 Å². The number of sulfone groups is 1. The molecule has 0 aromatic carbocycles. The van der Waals surface area contributed by atoms with Crippen molar-refractivity contribution in [3.63, 3.8) is 0 Å². The average molecular weight is 281 g/mol. The van der Waals surface area contributed by atoms with Crippen molar-refractivity contribution < 1.29 is 22.7 Å². The number of hydrogen-bond donors (Lipinski definition) is 1. The molecule has 0 amide bonds. The predicted molar refractivity (Wildman–Crippen MR) is 69.0 cm³/mol. The first-order chi connectivity index (χ1) is 8.37. The van der Waals surface area contributed by atoms with Crippen molar-refractivity contribution in [2.75, 3.05) is 31.8 Å². The molecule has 0 fully saturated rings. The predicted octanol–water partition coefficient (Wildman–Crippen LogP) is 0.108. The zero-order valence-electron chi connectivity index (χ0n) is 11.1. The highest BCUT2D eigenvalue weighted by molar-refractivity contribution is 7.90. The van der Waals surface area contributed by atoms with Gasteiger partial charge in [0.2, 0.25) is 0 Å². The van der Waals surface area contributed by atoms with Crippen LogP contribution >= 0.6 is 0 Å². The molecule has 0 aliphatic carbocycles. The summed E-state index contributed by atoms with van der Waals surface area (Å²) in [5.74, 6) is -0.700. The van der Waals surface area contributed by atoms with E-state index in [1.54, 1.807) is 0 Å². The normalized spacial score (nSPS) is 13.3. The van der Waals surface area contributed by atoms with Gasteiger partial charge in [-0.15, -0.1) is 0 Å². The van der Waals surface area contributed by atoms with Gasteiger partial charge in [0.05, 0.1) is 12.4 Å². The third kappa shape index (κ3) is 10.5. The molecule has 0 aliphatic heterocycles. The zero-order chi connectivity index (χ0) is 14.0. The fraction of sp³-hybridized carbons (Fsp3) is 0.909. The van der Waals surface area contributed by atoms with Crippen LogP contribution in [0.3, 0.4) is 0 Å². The van der Waals surface area contributed by atoms with Crippen molar-refractivity contribution in [1.82, 2.24) is 0 Å². The third-order valence-electron chi connectivity index (χ3n) is 2.22. The lowest BCUT2D eigenvalue weighted by atomic mass is 10.2. The summed E-state index contributed by atoms with van der Waals surface area (Å²) in [5, 5.41) is 0. The molecule has 0 saturated heterocycles. The van der Waals surface area contributed by atoms with Crippen molar-refractivity contribution in [3.05, 3.63) is 0 Å². The van der Waals surface area contributed by atoms with Gasteiger partial charge < -0.3 is 15.2 Å². The van der Waals surface area contributed by atoms with E-state index in [-0.39, 0.29) is 18.8 Å². The van der Waals surface area contributed by atoms with Crippen LogP contribution in [0, 0.1) is 0 Å². The molecule has 1 unspecified atom stereocenters. The Morgan fingerprint density at radius 1 is 1.28 bits per heavy atom. The summed E-state index contributed by atoms with van der Waals surface area (Å²) >= 11 is 0. The molecule has 0 aliphatic rings. The van der Waals surface area contributed by atoms with E-state index in [0.29, 0.717) is 13.2 Å². The molecule has 1 atom stereocenters. The molecule has 0 spiro atoms. The van der Waals surface area contributed by atoms with Crippen LogP contribution in [0.4, 0.5) is 0 Å². The van der Waals surface area contributed by atoms with Gasteiger partial charge in [0, 0.05) is 12.9 Å². The van der Waals surface area contributed by atoms with E-state index in [9.17, 15) is 13.2 Å². The number of nitrogens with two attached hydrogens (primary N) is 1. The van der Waals surface area contributed by atoms with E-state index in [1.807, 2.05) is 0 Å². The maximum atomic E-state index is 11.4. The first-order valence-electron chi connectivity index (χ1n) is 6.04. The van der Waals surface area contributed by atoms with Crippen LogP contribution in [0.5, 0.6) is 0 Å². The lowest BCUT2D eigenvalue weighted by Gasteiger charge is -2.11. The molecule has 0 saturated carbocycles. The highest BCUT2D eigenvalue weighted by Gasteiger charge is 2.17. The minimum Gasteiger partial charge on any atom is -0.462 e. The second-order valence-corrected chi connectivity index (χ2v) is 6.42. The molecule has 0 heterocycles. The Balaban J connectivity index is 3.62. The molecular weight excluding hydrogens is 258 g/mol. The van der Waals surface area contributed by atoms with Gasteiger partial charge in [-0.3, -0.25) is 4.79 Å². The van der Waals surface area contributed by atoms with Gasteiger partial charge in [-0.05, 0) is 12.8 Å². The van der Waals surface area contributed by atoms with E-state index in [0.717, 1.165) is 19.1 Å². The fourth-order valence-electron chi connectivity index (χ4n) is 1.12. The molecule has 0 radical (unpaired) electrons. The van der Waals surface area contributed by atoms with E-state index >= 15 is 0 Å². The van der Waals surface area contributed by atoms with Crippen LogP contribution in [-0.2, 0) is 24.1 Å². The van der Waals surface area contributed by atoms with Crippen LogP contribution in [0.25, 0.3) is 0 Å². The molecule has 18 heavy (non-hydrogen) atoms. The largest absolute Gasteiger partial charge is 0.462 e. The van der Waals surface area contributed by atoms with Crippen LogP contribution < -0.4 is 5.73 Å². The second-order valence-electron chi connectivity index (χ2n) is 4.16. The van der Waals surface area contributed by atoms with Crippen LogP contribution in [0.1, 0.15) is 26.2 Å². The summed E-state index contributed by atoms with van der Waals surface area (Å²) in [4.78, 5) is 11.4. The van der Waals surface area contributed by atoms with Crippen molar-refractivity contribution in [2.24, 2.45) is 5.73 Å². The Bertz CT molecular complexity index is 328. The number of rotatable bonds is 10. The van der Waals surface area contributed by atoms with Crippen molar-refractivity contribution >= 4 is 15.8 Å². The summed E-state index contributed by atoms with van der Waals surface area (Å²) in [5.41, 5.74) is 5.51. The molecule has 2 N–H and O–H groups in total. The van der Waals surface area contributed by atoms with E-state index in [1.165, 1.54) is 0 Å². The number of hydrogen-bond acceptors (Lipinski definition) is 6. The SMILES string of the molecule is CCCCOCCOC(=O)C(N)CCS(C)(=O)=O. The Morgan fingerprint density at radius 2 is 1.94 bits per heavy atom. The van der Waals surface area contributed by atoms with E-state index in [4.69, 9.17) is 15.2 Å². The minimum absolute atomic E-state index is 0.0777. The smallest absolute Gasteiger partial charge is 0.323 e. The van der Waals surface area contributed by atoms with Gasteiger partial charge >= 0.3 is 5.97 Å². The van der Waals surface area contributed by atoms with Crippen molar-refractivity contribution in [1.29, 1.82) is 0 Å². The molecule has 108 valence electrons. The third-order valence-corrected chi connectivity index (χ3v) is 3.19. The van der Waals surface area contributed by atoms with Gasteiger partial charge in [0.1, 0.15) is 22.5 Å². The summed E-state index contributed by atoms with van der Waals surface area (Å²) in [6, 6.07) is -0.893. The number of unbranched alkanes of at least 4 members (excludes halogenated alkanes) is 1. The average Bonchev–Trinajstić information content (AvgIpc) is 2.29. The number of carbonyl (C=O) groups is 1. The van der Waals surface area contributed by atoms with Gasteiger partial charge in [-0.25, -0.2) is 8.42 Å². The molecule has 6 nitrogen and oxygen atoms in total. The maximum absolute atomic E-state index is 11.4. The highest BCUT2D eigenvalue weighted by atomic mass is 32.2. The topological polar surface area (TPSA) is 95.7 Å². The Labute approximate surface area is 109 Å². The minimum atomic E-state index is -3.10. The van der Waals surface area contributed by atoms with Gasteiger partial charge in [-0.1, -0.05) is 13.3 Å². The molecule has 0 aromatic rings. The lowest BCUT2D eigenvalue weighted by molar-refractivity contribution is -0.146. The number of esters is 1. The van der Waals surface area contributed by atoms with E-state index < -0.39 is 21.8 Å². The molecule has 0 aromatic heterocycles. The quantitative estimate of drug-likeness (QED) is 0.451. The molecule has 0 bridgehead atoms. The van der Waals surface area contributed by atoms with Crippen LogP contribution in [0.15, 0.2) is 0 Å². The van der Waals surface area contributed by atoms with Gasteiger partial charge in [0.25, 0.3) is 0 Å². The lowest BCUT2D eigenvalue weighted by Crippen LogP contribution is -2.34. The summed E-state index contributed by atoms with van der Waals surface area (Å²) < 4.78 is 31.9. The Hall–Kier alpha value is -0.660. The van der Waals surface area contributed by atoms with Crippen molar-refractivity contribution in [3.8, 4) is 0 Å². The van der Waals surface area contributed by atoms with Gasteiger partial charge in [0.15, 0.2) is 0 Å². The molecule has 7 heteroatoms. The summed E-state index contributed by atoms with van der Waals surface area (Å²) in [6.07, 6.45) is 3.21. The van der Waals surface area contributed by atoms with Crippen molar-refractivity contribution in [2.45, 2.75) is 32.2 Å². The Kier molecular flexibility index (Phi) is 8.95. The summed E-state index contributed by atoms with van der Waals surface area (Å²) in [7, 11) is -3.10. The first kappa shape index (κ1) is 17.3. The fourth-order valence-corrected chi connectivity index (χ4v) is 1.80. The molecular formula is C11H23NO5S. The second kappa shape index (κ2) is 9.29. The maximum Gasteiger partial charge on any atom is 0.323 e. The number of carbonyl (C=O) groups excluding carboxylic acids is 1. The number of ether oxygens (including phenoxy) is 2. The molecule has 0 rings (SSSR count). The highest BCUT2D eigenvalue weighted by Crippen LogP contribution is 1.97. The zero-order valence-corrected chi connectivity index (χ0v) is 11.9. The monoisotopic (exact) mass is 281 g/mol. The first-order valence-corrected chi connectivity index (χ1v) is 8.10. The van der Waals surface area contributed by atoms with Gasteiger partial charge in [-0.2, -0.15) is 0 Å².